The highest BCUT2D eigenvalue weighted by atomic mass is 35.5. The summed E-state index contributed by atoms with van der Waals surface area (Å²) in [7, 11) is -3.31. The van der Waals surface area contributed by atoms with Crippen LogP contribution in [0.4, 0.5) is 11.4 Å². The van der Waals surface area contributed by atoms with Crippen molar-refractivity contribution in [2.45, 2.75) is 25.8 Å². The van der Waals surface area contributed by atoms with Crippen LogP contribution in [0.1, 0.15) is 19.8 Å². The SMILES string of the molecule is C=CCC[C@@H](C)Nc1ccc(NS(C)(=O)=O)c(Cl)c1. The molecule has 1 aromatic carbocycles. The average molecular weight is 303 g/mol. The second-order valence-electron chi connectivity index (χ2n) is 4.48. The lowest BCUT2D eigenvalue weighted by Gasteiger charge is -2.15. The first-order valence-corrected chi connectivity index (χ1v) is 8.23. The Morgan fingerprint density at radius 2 is 2.16 bits per heavy atom. The molecular weight excluding hydrogens is 284 g/mol. The first kappa shape index (κ1) is 15.9. The predicted octanol–water partition coefficient (Wildman–Crippen LogP) is 3.48. The minimum Gasteiger partial charge on any atom is -0.383 e. The van der Waals surface area contributed by atoms with E-state index in [1.165, 1.54) is 0 Å². The zero-order valence-corrected chi connectivity index (χ0v) is 12.7. The highest BCUT2D eigenvalue weighted by molar-refractivity contribution is 7.92. The maximum atomic E-state index is 11.1. The number of anilines is 2. The minimum atomic E-state index is -3.31. The van der Waals surface area contributed by atoms with Crippen molar-refractivity contribution >= 4 is 33.0 Å². The van der Waals surface area contributed by atoms with Crippen LogP contribution in [0, 0.1) is 0 Å². The summed E-state index contributed by atoms with van der Waals surface area (Å²) in [5, 5.41) is 3.67. The maximum absolute atomic E-state index is 11.1. The van der Waals surface area contributed by atoms with Gasteiger partial charge in [-0.3, -0.25) is 4.72 Å². The summed E-state index contributed by atoms with van der Waals surface area (Å²) in [5.41, 5.74) is 1.24. The molecule has 0 bridgehead atoms. The van der Waals surface area contributed by atoms with E-state index in [4.69, 9.17) is 11.6 Å². The molecule has 4 nitrogen and oxygen atoms in total. The van der Waals surface area contributed by atoms with Crippen molar-refractivity contribution in [1.29, 1.82) is 0 Å². The van der Waals surface area contributed by atoms with E-state index in [9.17, 15) is 8.42 Å². The van der Waals surface area contributed by atoms with Gasteiger partial charge >= 0.3 is 0 Å². The van der Waals surface area contributed by atoms with E-state index in [1.807, 2.05) is 6.08 Å². The van der Waals surface area contributed by atoms with Crippen LogP contribution in [0.15, 0.2) is 30.9 Å². The Morgan fingerprint density at radius 3 is 2.68 bits per heavy atom. The van der Waals surface area contributed by atoms with Gasteiger partial charge in [-0.15, -0.1) is 6.58 Å². The Bertz CT molecular complexity index is 544. The molecule has 106 valence electrons. The lowest BCUT2D eigenvalue weighted by atomic mass is 10.1. The van der Waals surface area contributed by atoms with Crippen LogP contribution in [0.5, 0.6) is 0 Å². The molecule has 0 spiro atoms. The number of hydrogen-bond donors (Lipinski definition) is 2. The van der Waals surface area contributed by atoms with Crippen molar-refractivity contribution in [3.8, 4) is 0 Å². The lowest BCUT2D eigenvalue weighted by Crippen LogP contribution is -2.15. The topological polar surface area (TPSA) is 58.2 Å². The monoisotopic (exact) mass is 302 g/mol. The fraction of sp³-hybridized carbons (Fsp3) is 0.385. The van der Waals surface area contributed by atoms with Crippen LogP contribution in [0.2, 0.25) is 5.02 Å². The van der Waals surface area contributed by atoms with E-state index in [-0.39, 0.29) is 0 Å². The van der Waals surface area contributed by atoms with Gasteiger partial charge in [-0.05, 0) is 38.0 Å². The van der Waals surface area contributed by atoms with Crippen LogP contribution in [-0.4, -0.2) is 20.7 Å². The largest absolute Gasteiger partial charge is 0.383 e. The lowest BCUT2D eigenvalue weighted by molar-refractivity contribution is 0.607. The van der Waals surface area contributed by atoms with Crippen LogP contribution in [0.3, 0.4) is 0 Å². The number of allylic oxidation sites excluding steroid dienone is 1. The molecule has 0 saturated carbocycles. The van der Waals surface area contributed by atoms with Crippen molar-refractivity contribution in [2.24, 2.45) is 0 Å². The molecule has 19 heavy (non-hydrogen) atoms. The van der Waals surface area contributed by atoms with E-state index in [1.54, 1.807) is 18.2 Å². The molecule has 0 saturated heterocycles. The minimum absolute atomic E-state index is 0.294. The van der Waals surface area contributed by atoms with Crippen molar-refractivity contribution in [3.63, 3.8) is 0 Å². The molecule has 0 radical (unpaired) electrons. The number of hydrogen-bond acceptors (Lipinski definition) is 3. The molecule has 6 heteroatoms. The van der Waals surface area contributed by atoms with E-state index in [0.717, 1.165) is 24.8 Å². The fourth-order valence-corrected chi connectivity index (χ4v) is 2.47. The zero-order chi connectivity index (χ0) is 14.5. The molecule has 0 aliphatic rings. The smallest absolute Gasteiger partial charge is 0.229 e. The molecule has 0 aliphatic heterocycles. The summed E-state index contributed by atoms with van der Waals surface area (Å²) in [6, 6.07) is 5.44. The molecule has 1 atom stereocenters. The number of nitrogens with one attached hydrogen (secondary N) is 2. The molecule has 1 rings (SSSR count). The maximum Gasteiger partial charge on any atom is 0.229 e. The fourth-order valence-electron chi connectivity index (χ4n) is 1.61. The highest BCUT2D eigenvalue weighted by Crippen LogP contribution is 2.26. The Labute approximate surface area is 119 Å². The van der Waals surface area contributed by atoms with Crippen LogP contribution < -0.4 is 10.0 Å². The zero-order valence-electron chi connectivity index (χ0n) is 11.1. The van der Waals surface area contributed by atoms with Crippen molar-refractivity contribution in [3.05, 3.63) is 35.9 Å². The number of benzene rings is 1. The van der Waals surface area contributed by atoms with Gasteiger partial charge in [-0.25, -0.2) is 8.42 Å². The normalized spacial score (nSPS) is 12.8. The van der Waals surface area contributed by atoms with Crippen molar-refractivity contribution in [1.82, 2.24) is 0 Å². The third-order valence-corrected chi connectivity index (χ3v) is 3.38. The highest BCUT2D eigenvalue weighted by Gasteiger charge is 2.08. The third-order valence-electron chi connectivity index (χ3n) is 2.48. The third kappa shape index (κ3) is 5.98. The predicted molar refractivity (Wildman–Crippen MR) is 82.4 cm³/mol. The number of sulfonamides is 1. The molecule has 1 aromatic rings. The number of halogens is 1. The van der Waals surface area contributed by atoms with E-state index >= 15 is 0 Å². The molecule has 0 heterocycles. The Balaban J connectivity index is 2.74. The summed E-state index contributed by atoms with van der Waals surface area (Å²) in [6.07, 6.45) is 4.89. The van der Waals surface area contributed by atoms with Gasteiger partial charge in [0.2, 0.25) is 10.0 Å². The molecule has 0 amide bonds. The van der Waals surface area contributed by atoms with Gasteiger partial charge in [0.25, 0.3) is 0 Å². The van der Waals surface area contributed by atoms with Gasteiger partial charge in [-0.2, -0.15) is 0 Å². The first-order chi connectivity index (χ1) is 8.81. The summed E-state index contributed by atoms with van der Waals surface area (Å²) >= 11 is 6.04. The van der Waals surface area contributed by atoms with Gasteiger partial charge in [-0.1, -0.05) is 17.7 Å². The van der Waals surface area contributed by atoms with E-state index in [0.29, 0.717) is 16.8 Å². The Kier molecular flexibility index (Phi) is 5.69. The Morgan fingerprint density at radius 1 is 1.47 bits per heavy atom. The molecule has 0 aromatic heterocycles. The van der Waals surface area contributed by atoms with Crippen LogP contribution >= 0.6 is 11.6 Å². The molecule has 0 aliphatic carbocycles. The van der Waals surface area contributed by atoms with Gasteiger partial charge in [0.05, 0.1) is 17.0 Å². The Hall–Kier alpha value is -1.20. The van der Waals surface area contributed by atoms with Gasteiger partial charge in [0, 0.05) is 11.7 Å². The molecule has 2 N–H and O–H groups in total. The summed E-state index contributed by atoms with van der Waals surface area (Å²) in [5.74, 6) is 0. The summed E-state index contributed by atoms with van der Waals surface area (Å²) in [6.45, 7) is 5.75. The first-order valence-electron chi connectivity index (χ1n) is 5.96. The quantitative estimate of drug-likeness (QED) is 0.758. The van der Waals surface area contributed by atoms with E-state index < -0.39 is 10.0 Å². The van der Waals surface area contributed by atoms with Crippen LogP contribution in [-0.2, 0) is 10.0 Å². The summed E-state index contributed by atoms with van der Waals surface area (Å²) in [4.78, 5) is 0. The second-order valence-corrected chi connectivity index (χ2v) is 6.64. The molecule has 0 unspecified atom stereocenters. The van der Waals surface area contributed by atoms with Gasteiger partial charge < -0.3 is 5.32 Å². The van der Waals surface area contributed by atoms with Gasteiger partial charge in [0.15, 0.2) is 0 Å². The van der Waals surface area contributed by atoms with Crippen molar-refractivity contribution < 1.29 is 8.42 Å². The molecule has 0 fully saturated rings. The van der Waals surface area contributed by atoms with Crippen LogP contribution in [0.25, 0.3) is 0 Å². The average Bonchev–Trinajstić information content (AvgIpc) is 2.28. The summed E-state index contributed by atoms with van der Waals surface area (Å²) < 4.78 is 24.6. The second kappa shape index (κ2) is 6.82. The molecular formula is C13H19ClN2O2S. The standard InChI is InChI=1S/C13H19ClN2O2S/c1-4-5-6-10(2)15-11-7-8-13(12(14)9-11)16-19(3,17)18/h4,7-10,15-16H,1,5-6H2,2-3H3/t10-/m1/s1. The van der Waals surface area contributed by atoms with Gasteiger partial charge in [0.1, 0.15) is 0 Å². The van der Waals surface area contributed by atoms with E-state index in [2.05, 4.69) is 23.5 Å². The van der Waals surface area contributed by atoms with Crippen molar-refractivity contribution in [2.75, 3.05) is 16.3 Å². The number of rotatable bonds is 7.